The van der Waals surface area contributed by atoms with Gasteiger partial charge in [0.15, 0.2) is 6.29 Å². The second-order valence-corrected chi connectivity index (χ2v) is 5.61. The smallest absolute Gasteiger partial charge is 0.220 e. The predicted octanol–water partition coefficient (Wildman–Crippen LogP) is 0.902. The van der Waals surface area contributed by atoms with Crippen molar-refractivity contribution in [3.8, 4) is 0 Å². The van der Waals surface area contributed by atoms with Gasteiger partial charge in [-0.1, -0.05) is 0 Å². The highest BCUT2D eigenvalue weighted by Gasteiger charge is 2.62. The van der Waals surface area contributed by atoms with Crippen molar-refractivity contribution in [2.45, 2.75) is 63.1 Å². The van der Waals surface area contributed by atoms with E-state index in [-0.39, 0.29) is 12.2 Å². The lowest BCUT2D eigenvalue weighted by Crippen LogP contribution is -2.72. The van der Waals surface area contributed by atoms with Crippen LogP contribution in [-0.2, 0) is 33.2 Å². The third kappa shape index (κ3) is 2.61. The molecule has 0 aliphatic carbocycles. The summed E-state index contributed by atoms with van der Waals surface area (Å²) in [5, 5.41) is 0. The molecule has 2 rings (SSSR count). The highest BCUT2D eigenvalue weighted by molar-refractivity contribution is 4.99. The van der Waals surface area contributed by atoms with Crippen LogP contribution >= 0.6 is 0 Å². The molecule has 0 aromatic heterocycles. The van der Waals surface area contributed by atoms with Gasteiger partial charge < -0.3 is 33.2 Å². The number of rotatable bonds is 4. The standard InChI is InChI=1S/C14H26O7/c1-8-9(15-4)10-11(12(16-5)19-8)21-14(3,18-7)13(2,17-6)20-10/h8-12H,1-7H3/t8-,9+,10+,11-,12+,13-,14-/m1/s1. The minimum absolute atomic E-state index is 0.196. The molecule has 124 valence electrons. The van der Waals surface area contributed by atoms with E-state index in [4.69, 9.17) is 33.2 Å². The van der Waals surface area contributed by atoms with Gasteiger partial charge in [-0.05, 0) is 20.8 Å². The predicted molar refractivity (Wildman–Crippen MR) is 72.7 cm³/mol. The number of ether oxygens (including phenoxy) is 7. The summed E-state index contributed by atoms with van der Waals surface area (Å²) in [5.41, 5.74) is 0. The van der Waals surface area contributed by atoms with Gasteiger partial charge >= 0.3 is 0 Å². The van der Waals surface area contributed by atoms with Crippen LogP contribution in [0.4, 0.5) is 0 Å². The van der Waals surface area contributed by atoms with Crippen molar-refractivity contribution < 1.29 is 33.2 Å². The molecule has 2 aliphatic rings. The van der Waals surface area contributed by atoms with Crippen LogP contribution in [0.3, 0.4) is 0 Å². The molecule has 0 saturated carbocycles. The quantitative estimate of drug-likeness (QED) is 0.764. The van der Waals surface area contributed by atoms with E-state index in [0.717, 1.165) is 0 Å². The second kappa shape index (κ2) is 6.08. The Hall–Kier alpha value is -0.280. The SMILES string of the molecule is CO[C@H]1O[C@H](C)[C@H](OC)[C@@H]2O[C@@](C)(OC)[C@](C)(OC)O[C@@H]12. The average Bonchev–Trinajstić information content (AvgIpc) is 2.48. The molecule has 0 bridgehead atoms. The summed E-state index contributed by atoms with van der Waals surface area (Å²) in [7, 11) is 6.29. The number of hydrogen-bond donors (Lipinski definition) is 0. The molecule has 0 radical (unpaired) electrons. The van der Waals surface area contributed by atoms with E-state index in [9.17, 15) is 0 Å². The zero-order valence-electron chi connectivity index (χ0n) is 13.7. The molecule has 2 fully saturated rings. The third-order valence-corrected chi connectivity index (χ3v) is 4.56. The van der Waals surface area contributed by atoms with Crippen LogP contribution in [0.5, 0.6) is 0 Å². The summed E-state index contributed by atoms with van der Waals surface area (Å²) >= 11 is 0. The van der Waals surface area contributed by atoms with Crippen molar-refractivity contribution in [2.24, 2.45) is 0 Å². The van der Waals surface area contributed by atoms with Crippen molar-refractivity contribution in [1.82, 2.24) is 0 Å². The van der Waals surface area contributed by atoms with Gasteiger partial charge in [-0.2, -0.15) is 0 Å². The molecule has 0 aromatic rings. The lowest BCUT2D eigenvalue weighted by atomic mass is 9.95. The Labute approximate surface area is 125 Å². The summed E-state index contributed by atoms with van der Waals surface area (Å²) < 4.78 is 40.0. The summed E-state index contributed by atoms with van der Waals surface area (Å²) in [4.78, 5) is 0. The van der Waals surface area contributed by atoms with Crippen molar-refractivity contribution in [3.05, 3.63) is 0 Å². The molecule has 0 unspecified atom stereocenters. The molecule has 2 aliphatic heterocycles. The lowest BCUT2D eigenvalue weighted by molar-refractivity contribution is -0.483. The van der Waals surface area contributed by atoms with E-state index in [2.05, 4.69) is 0 Å². The Morgan fingerprint density at radius 3 is 1.76 bits per heavy atom. The van der Waals surface area contributed by atoms with Gasteiger partial charge in [-0.25, -0.2) is 0 Å². The molecule has 0 amide bonds. The van der Waals surface area contributed by atoms with Crippen LogP contribution in [0.15, 0.2) is 0 Å². The maximum absolute atomic E-state index is 6.18. The Morgan fingerprint density at radius 1 is 0.810 bits per heavy atom. The highest BCUT2D eigenvalue weighted by Crippen LogP contribution is 2.44. The van der Waals surface area contributed by atoms with Crippen LogP contribution in [0.25, 0.3) is 0 Å². The maximum Gasteiger partial charge on any atom is 0.220 e. The summed E-state index contributed by atoms with van der Waals surface area (Å²) in [6, 6.07) is 0. The van der Waals surface area contributed by atoms with Crippen molar-refractivity contribution in [2.75, 3.05) is 28.4 Å². The second-order valence-electron chi connectivity index (χ2n) is 5.61. The molecule has 2 heterocycles. The molecule has 7 heteroatoms. The van der Waals surface area contributed by atoms with E-state index in [1.165, 1.54) is 0 Å². The topological polar surface area (TPSA) is 64.6 Å². The van der Waals surface area contributed by atoms with Crippen molar-refractivity contribution in [1.29, 1.82) is 0 Å². The first-order valence-electron chi connectivity index (χ1n) is 7.02. The van der Waals surface area contributed by atoms with Gasteiger partial charge in [0.05, 0.1) is 6.10 Å². The zero-order valence-corrected chi connectivity index (χ0v) is 13.7. The highest BCUT2D eigenvalue weighted by atomic mass is 16.8. The summed E-state index contributed by atoms with van der Waals surface area (Å²) in [6.07, 6.45) is -1.93. The normalized spacial score (nSPS) is 50.7. The van der Waals surface area contributed by atoms with Crippen LogP contribution in [0.2, 0.25) is 0 Å². The Morgan fingerprint density at radius 2 is 1.33 bits per heavy atom. The minimum atomic E-state index is -1.10. The Balaban J connectivity index is 2.35. The molecular weight excluding hydrogens is 280 g/mol. The molecule has 0 spiro atoms. The van der Waals surface area contributed by atoms with Crippen LogP contribution < -0.4 is 0 Å². The molecule has 21 heavy (non-hydrogen) atoms. The lowest BCUT2D eigenvalue weighted by Gasteiger charge is -2.56. The van der Waals surface area contributed by atoms with E-state index >= 15 is 0 Å². The summed E-state index contributed by atoms with van der Waals surface area (Å²) in [5.74, 6) is -2.17. The molecule has 2 saturated heterocycles. The van der Waals surface area contributed by atoms with E-state index in [0.29, 0.717) is 0 Å². The maximum atomic E-state index is 6.18. The fourth-order valence-electron chi connectivity index (χ4n) is 2.95. The van der Waals surface area contributed by atoms with Gasteiger partial charge in [-0.3, -0.25) is 0 Å². The van der Waals surface area contributed by atoms with Crippen LogP contribution in [0, 0.1) is 0 Å². The third-order valence-electron chi connectivity index (χ3n) is 4.56. The van der Waals surface area contributed by atoms with Gasteiger partial charge in [0, 0.05) is 28.4 Å². The first kappa shape index (κ1) is 17.1. The van der Waals surface area contributed by atoms with Gasteiger partial charge in [0.1, 0.15) is 18.3 Å². The number of methoxy groups -OCH3 is 4. The molecule has 0 N–H and O–H groups in total. The molecule has 7 nitrogen and oxygen atoms in total. The molecule has 7 atom stereocenters. The van der Waals surface area contributed by atoms with Gasteiger partial charge in [0.25, 0.3) is 0 Å². The molecular formula is C14H26O7. The summed E-state index contributed by atoms with van der Waals surface area (Å²) in [6.45, 7) is 5.45. The fourth-order valence-corrected chi connectivity index (χ4v) is 2.95. The monoisotopic (exact) mass is 306 g/mol. The number of fused-ring (bicyclic) bond motifs is 1. The zero-order chi connectivity index (χ0) is 15.8. The van der Waals surface area contributed by atoms with Crippen LogP contribution in [-0.4, -0.2) is 70.7 Å². The van der Waals surface area contributed by atoms with Gasteiger partial charge in [0.2, 0.25) is 11.6 Å². The molecule has 0 aromatic carbocycles. The van der Waals surface area contributed by atoms with Crippen LogP contribution in [0.1, 0.15) is 20.8 Å². The van der Waals surface area contributed by atoms with E-state index in [1.54, 1.807) is 42.3 Å². The Bertz CT molecular complexity index is 365. The first-order chi connectivity index (χ1) is 9.85. The number of hydrogen-bond acceptors (Lipinski definition) is 7. The average molecular weight is 306 g/mol. The van der Waals surface area contributed by atoms with Gasteiger partial charge in [-0.15, -0.1) is 0 Å². The van der Waals surface area contributed by atoms with E-state index < -0.39 is 30.1 Å². The van der Waals surface area contributed by atoms with Crippen molar-refractivity contribution in [3.63, 3.8) is 0 Å². The Kier molecular flexibility index (Phi) is 4.94. The first-order valence-corrected chi connectivity index (χ1v) is 7.02. The van der Waals surface area contributed by atoms with E-state index in [1.807, 2.05) is 6.92 Å². The fraction of sp³-hybridized carbons (Fsp3) is 1.00. The minimum Gasteiger partial charge on any atom is -0.376 e. The van der Waals surface area contributed by atoms with Crippen molar-refractivity contribution >= 4 is 0 Å². The largest absolute Gasteiger partial charge is 0.376 e.